The fraction of sp³-hybridized carbons (Fsp3) is 0. The van der Waals surface area contributed by atoms with Gasteiger partial charge < -0.3 is 0 Å². The first kappa shape index (κ1) is 32.9. The van der Waals surface area contributed by atoms with Gasteiger partial charge in [-0.15, -0.1) is 0 Å². The SMILES string of the molecule is C(=C(c1ccccc1)c1ccccc1)c1ccc(-c2ccc3cc4ccccc4cc3c2-c2ccc(C=C(c3ccccc3)c3ccccc3)cc2)cc1. The monoisotopic (exact) mass is 686 g/mol. The zero-order chi connectivity index (χ0) is 36.1. The number of hydrogen-bond acceptors (Lipinski definition) is 0. The fourth-order valence-corrected chi connectivity index (χ4v) is 7.54. The summed E-state index contributed by atoms with van der Waals surface area (Å²) in [6.07, 6.45) is 4.60. The van der Waals surface area contributed by atoms with Gasteiger partial charge >= 0.3 is 0 Å². The molecule has 0 saturated carbocycles. The molecule has 0 unspecified atom stereocenters. The Balaban J connectivity index is 1.15. The van der Waals surface area contributed by atoms with Gasteiger partial charge in [-0.2, -0.15) is 0 Å². The fourth-order valence-electron chi connectivity index (χ4n) is 7.54. The van der Waals surface area contributed by atoms with E-state index < -0.39 is 0 Å². The molecule has 0 heteroatoms. The highest BCUT2D eigenvalue weighted by Gasteiger charge is 2.14. The van der Waals surface area contributed by atoms with E-state index in [1.165, 1.54) is 82.8 Å². The van der Waals surface area contributed by atoms with Crippen molar-refractivity contribution < 1.29 is 0 Å². The molecule has 0 aromatic heterocycles. The molecule has 9 aromatic rings. The average molecular weight is 687 g/mol. The number of rotatable bonds is 8. The van der Waals surface area contributed by atoms with Gasteiger partial charge in [-0.3, -0.25) is 0 Å². The summed E-state index contributed by atoms with van der Waals surface area (Å²) in [4.78, 5) is 0. The highest BCUT2D eigenvalue weighted by molar-refractivity contribution is 6.09. The molecule has 54 heavy (non-hydrogen) atoms. The van der Waals surface area contributed by atoms with Crippen molar-refractivity contribution >= 4 is 44.8 Å². The van der Waals surface area contributed by atoms with Crippen LogP contribution >= 0.6 is 0 Å². The molecule has 0 bridgehead atoms. The summed E-state index contributed by atoms with van der Waals surface area (Å²) in [7, 11) is 0. The Labute approximate surface area is 317 Å². The molecule has 0 radical (unpaired) electrons. The summed E-state index contributed by atoms with van der Waals surface area (Å²) in [6, 6.07) is 78.7. The lowest BCUT2D eigenvalue weighted by Gasteiger charge is -2.16. The van der Waals surface area contributed by atoms with E-state index >= 15 is 0 Å². The summed E-state index contributed by atoms with van der Waals surface area (Å²) < 4.78 is 0. The highest BCUT2D eigenvalue weighted by atomic mass is 14.2. The van der Waals surface area contributed by atoms with E-state index in [4.69, 9.17) is 0 Å². The third-order valence-electron chi connectivity index (χ3n) is 10.3. The molecule has 9 rings (SSSR count). The minimum absolute atomic E-state index is 1.16. The van der Waals surface area contributed by atoms with Crippen LogP contribution in [0.25, 0.3) is 67.1 Å². The maximum atomic E-state index is 2.36. The van der Waals surface area contributed by atoms with Gasteiger partial charge in [0.05, 0.1) is 0 Å². The molecule has 0 nitrogen and oxygen atoms in total. The van der Waals surface area contributed by atoms with Crippen LogP contribution in [0.15, 0.2) is 218 Å². The Hall–Kier alpha value is -7.02. The molecule has 0 spiro atoms. The Morgan fingerprint density at radius 2 is 0.685 bits per heavy atom. The zero-order valence-electron chi connectivity index (χ0n) is 29.9. The third kappa shape index (κ3) is 6.82. The van der Waals surface area contributed by atoms with Crippen LogP contribution < -0.4 is 0 Å². The Bertz CT molecular complexity index is 2660. The topological polar surface area (TPSA) is 0 Å². The minimum Gasteiger partial charge on any atom is -0.0622 e. The molecule has 9 aromatic carbocycles. The smallest absolute Gasteiger partial charge is 0.00266 e. The third-order valence-corrected chi connectivity index (χ3v) is 10.3. The molecule has 0 aliphatic rings. The van der Waals surface area contributed by atoms with Gasteiger partial charge in [0.15, 0.2) is 0 Å². The van der Waals surface area contributed by atoms with Crippen LogP contribution in [0.1, 0.15) is 33.4 Å². The van der Waals surface area contributed by atoms with Gasteiger partial charge in [0.2, 0.25) is 0 Å². The van der Waals surface area contributed by atoms with Crippen molar-refractivity contribution in [1.29, 1.82) is 0 Å². The highest BCUT2D eigenvalue weighted by Crippen LogP contribution is 2.40. The normalized spacial score (nSPS) is 11.0. The maximum Gasteiger partial charge on any atom is -0.00266 e. The lowest BCUT2D eigenvalue weighted by molar-refractivity contribution is 1.54. The van der Waals surface area contributed by atoms with Crippen LogP contribution in [-0.2, 0) is 0 Å². The van der Waals surface area contributed by atoms with E-state index in [0.29, 0.717) is 0 Å². The standard InChI is InChI=1S/C54H38/c1-5-15-41(16-6-1)51(42-17-7-2-8-18-42)35-39-25-29-45(30-26-39)50-34-33-49-37-47-23-13-14-24-48(47)38-53(49)54(50)46-31-27-40(28-32-46)36-52(43-19-9-3-10-20-43)44-21-11-4-12-22-44/h1-38H. The van der Waals surface area contributed by atoms with Crippen LogP contribution in [0, 0.1) is 0 Å². The predicted octanol–water partition coefficient (Wildman–Crippen LogP) is 14.5. The van der Waals surface area contributed by atoms with E-state index in [9.17, 15) is 0 Å². The molecule has 0 N–H and O–H groups in total. The van der Waals surface area contributed by atoms with Crippen molar-refractivity contribution in [3.63, 3.8) is 0 Å². The molecular weight excluding hydrogens is 649 g/mol. The second-order valence-corrected chi connectivity index (χ2v) is 13.7. The van der Waals surface area contributed by atoms with E-state index in [-0.39, 0.29) is 0 Å². The molecule has 0 aliphatic carbocycles. The first-order valence-electron chi connectivity index (χ1n) is 18.6. The average Bonchev–Trinajstić information content (AvgIpc) is 3.25. The van der Waals surface area contributed by atoms with Gasteiger partial charge in [0, 0.05) is 0 Å². The molecule has 0 amide bonds. The van der Waals surface area contributed by atoms with Crippen LogP contribution in [-0.4, -0.2) is 0 Å². The summed E-state index contributed by atoms with van der Waals surface area (Å²) >= 11 is 0. The van der Waals surface area contributed by atoms with Gasteiger partial charge in [-0.1, -0.05) is 206 Å². The number of benzene rings is 9. The van der Waals surface area contributed by atoms with Gasteiger partial charge in [-0.05, 0) is 113 Å². The van der Waals surface area contributed by atoms with E-state index in [1.807, 2.05) is 0 Å². The van der Waals surface area contributed by atoms with Crippen LogP contribution in [0.2, 0.25) is 0 Å². The Morgan fingerprint density at radius 3 is 1.13 bits per heavy atom. The quantitative estimate of drug-likeness (QED) is 0.110. The molecule has 0 fully saturated rings. The van der Waals surface area contributed by atoms with Crippen LogP contribution in [0.5, 0.6) is 0 Å². The van der Waals surface area contributed by atoms with Crippen molar-refractivity contribution in [2.45, 2.75) is 0 Å². The molecular formula is C54H38. The van der Waals surface area contributed by atoms with Crippen LogP contribution in [0.3, 0.4) is 0 Å². The van der Waals surface area contributed by atoms with Crippen LogP contribution in [0.4, 0.5) is 0 Å². The second-order valence-electron chi connectivity index (χ2n) is 13.7. The summed E-state index contributed by atoms with van der Waals surface area (Å²) in [5, 5.41) is 4.99. The second kappa shape index (κ2) is 14.9. The first-order chi connectivity index (χ1) is 26.8. The van der Waals surface area contributed by atoms with E-state index in [0.717, 1.165) is 5.56 Å². The predicted molar refractivity (Wildman–Crippen MR) is 232 cm³/mol. The molecule has 254 valence electrons. The summed E-state index contributed by atoms with van der Waals surface area (Å²) in [5.41, 5.74) is 14.4. The first-order valence-corrected chi connectivity index (χ1v) is 18.6. The summed E-state index contributed by atoms with van der Waals surface area (Å²) in [6.45, 7) is 0. The minimum atomic E-state index is 1.16. The van der Waals surface area contributed by atoms with Crippen molar-refractivity contribution in [3.05, 3.63) is 252 Å². The van der Waals surface area contributed by atoms with Gasteiger partial charge in [0.25, 0.3) is 0 Å². The lowest BCUT2D eigenvalue weighted by atomic mass is 9.87. The molecule has 0 heterocycles. The zero-order valence-corrected chi connectivity index (χ0v) is 29.9. The maximum absolute atomic E-state index is 2.36. The number of fused-ring (bicyclic) bond motifs is 2. The van der Waals surface area contributed by atoms with Crippen molar-refractivity contribution in [2.75, 3.05) is 0 Å². The van der Waals surface area contributed by atoms with Gasteiger partial charge in [0.1, 0.15) is 0 Å². The largest absolute Gasteiger partial charge is 0.0622 e. The van der Waals surface area contributed by atoms with Crippen molar-refractivity contribution in [1.82, 2.24) is 0 Å². The summed E-state index contributed by atoms with van der Waals surface area (Å²) in [5.74, 6) is 0. The molecule has 0 aliphatic heterocycles. The molecule has 0 atom stereocenters. The Morgan fingerprint density at radius 1 is 0.296 bits per heavy atom. The number of hydrogen-bond donors (Lipinski definition) is 0. The van der Waals surface area contributed by atoms with Crippen molar-refractivity contribution in [2.24, 2.45) is 0 Å². The molecule has 0 saturated heterocycles. The van der Waals surface area contributed by atoms with Crippen molar-refractivity contribution in [3.8, 4) is 22.3 Å². The lowest BCUT2D eigenvalue weighted by Crippen LogP contribution is -1.91. The Kier molecular flexibility index (Phi) is 9.07. The van der Waals surface area contributed by atoms with E-state index in [1.54, 1.807) is 0 Å². The van der Waals surface area contributed by atoms with Gasteiger partial charge in [-0.25, -0.2) is 0 Å². The van der Waals surface area contributed by atoms with E-state index in [2.05, 4.69) is 231 Å².